The minimum atomic E-state index is -0.0567. The van der Waals surface area contributed by atoms with Crippen molar-refractivity contribution in [2.75, 3.05) is 5.32 Å². The van der Waals surface area contributed by atoms with Crippen LogP contribution in [0.5, 0.6) is 0 Å². The number of benzene rings is 1. The van der Waals surface area contributed by atoms with Gasteiger partial charge in [0, 0.05) is 32.5 Å². The Morgan fingerprint density at radius 3 is 2.75 bits per heavy atom. The molecule has 24 heavy (non-hydrogen) atoms. The molecule has 3 aromatic rings. The summed E-state index contributed by atoms with van der Waals surface area (Å²) in [5.41, 5.74) is 3.50. The van der Waals surface area contributed by atoms with Crippen LogP contribution in [-0.4, -0.2) is 25.0 Å². The molecule has 0 aliphatic carbocycles. The number of aromatic nitrogens is 3. The number of H-pyrrole nitrogens is 1. The minimum Gasteiger partial charge on any atom is -0.391 e. The molecule has 0 unspecified atom stereocenters. The highest BCUT2D eigenvalue weighted by Crippen LogP contribution is 2.35. The molecule has 0 saturated heterocycles. The van der Waals surface area contributed by atoms with E-state index < -0.39 is 0 Å². The second kappa shape index (κ2) is 6.45. The van der Waals surface area contributed by atoms with Crippen LogP contribution in [0.1, 0.15) is 32.0 Å². The van der Waals surface area contributed by atoms with E-state index in [0.29, 0.717) is 5.82 Å². The number of hydrogen-bond donors (Lipinski definition) is 3. The van der Waals surface area contributed by atoms with E-state index in [0.717, 1.165) is 27.8 Å². The molecule has 3 rings (SSSR count). The number of nitrogens with one attached hydrogen (secondary N) is 2. The summed E-state index contributed by atoms with van der Waals surface area (Å²) in [6.45, 7) is 8.43. The van der Waals surface area contributed by atoms with Gasteiger partial charge in [0.25, 0.3) is 0 Å². The largest absolute Gasteiger partial charge is 0.391 e. The number of hydrogen-bond acceptors (Lipinski definition) is 5. The van der Waals surface area contributed by atoms with Crippen molar-refractivity contribution in [2.45, 2.75) is 43.9 Å². The molecule has 126 valence electrons. The number of aliphatic hydroxyl groups excluding tert-OH is 1. The molecular formula is C18H22N4OS. The van der Waals surface area contributed by atoms with Gasteiger partial charge in [0.1, 0.15) is 0 Å². The number of pyridine rings is 1. The molecule has 0 saturated carbocycles. The fraction of sp³-hybridized carbons (Fsp3) is 0.333. The van der Waals surface area contributed by atoms with E-state index in [1.807, 2.05) is 30.8 Å². The predicted octanol–water partition coefficient (Wildman–Crippen LogP) is 4.39. The number of rotatable bonds is 4. The van der Waals surface area contributed by atoms with Crippen LogP contribution in [0, 0.1) is 6.92 Å². The Labute approximate surface area is 145 Å². The summed E-state index contributed by atoms with van der Waals surface area (Å²) in [5, 5.41) is 21.1. The lowest BCUT2D eigenvalue weighted by atomic mass is 10.2. The van der Waals surface area contributed by atoms with E-state index in [2.05, 4.69) is 53.4 Å². The monoisotopic (exact) mass is 342 g/mol. The highest BCUT2D eigenvalue weighted by Gasteiger charge is 2.14. The van der Waals surface area contributed by atoms with Gasteiger partial charge >= 0.3 is 0 Å². The van der Waals surface area contributed by atoms with Crippen LogP contribution >= 0.6 is 11.8 Å². The smallest absolute Gasteiger partial charge is 0.158 e. The van der Waals surface area contributed by atoms with Crippen molar-refractivity contribution in [3.05, 3.63) is 41.7 Å². The lowest BCUT2D eigenvalue weighted by molar-refractivity contribution is 0.282. The van der Waals surface area contributed by atoms with Crippen LogP contribution in [-0.2, 0) is 6.61 Å². The van der Waals surface area contributed by atoms with Crippen LogP contribution in [0.4, 0.5) is 11.5 Å². The van der Waals surface area contributed by atoms with Crippen molar-refractivity contribution in [1.29, 1.82) is 0 Å². The van der Waals surface area contributed by atoms with Crippen molar-refractivity contribution < 1.29 is 5.11 Å². The molecule has 0 aliphatic heterocycles. The molecule has 0 aliphatic rings. The van der Waals surface area contributed by atoms with Crippen molar-refractivity contribution in [1.82, 2.24) is 15.2 Å². The number of aryl methyl sites for hydroxylation is 1. The van der Waals surface area contributed by atoms with Gasteiger partial charge in [-0.25, -0.2) is 0 Å². The van der Waals surface area contributed by atoms with Crippen LogP contribution < -0.4 is 5.32 Å². The van der Waals surface area contributed by atoms with Crippen LogP contribution in [0.3, 0.4) is 0 Å². The van der Waals surface area contributed by atoms with Crippen LogP contribution in [0.25, 0.3) is 10.9 Å². The third-order valence-corrected chi connectivity index (χ3v) is 4.72. The lowest BCUT2D eigenvalue weighted by Gasteiger charge is -2.18. The summed E-state index contributed by atoms with van der Waals surface area (Å²) in [7, 11) is 0. The van der Waals surface area contributed by atoms with Crippen LogP contribution in [0.15, 0.2) is 35.4 Å². The zero-order chi connectivity index (χ0) is 17.3. The predicted molar refractivity (Wildman–Crippen MR) is 99.9 cm³/mol. The fourth-order valence-corrected chi connectivity index (χ4v) is 3.55. The second-order valence-electron chi connectivity index (χ2n) is 6.71. The van der Waals surface area contributed by atoms with Gasteiger partial charge in [-0.15, -0.1) is 11.8 Å². The number of nitrogens with zero attached hydrogens (tertiary/aromatic N) is 2. The molecule has 1 aromatic carbocycles. The first-order valence-corrected chi connectivity index (χ1v) is 8.68. The number of thioether (sulfide) groups is 1. The van der Waals surface area contributed by atoms with Gasteiger partial charge < -0.3 is 10.4 Å². The molecule has 0 fully saturated rings. The Bertz CT molecular complexity index is 867. The highest BCUT2D eigenvalue weighted by molar-refractivity contribution is 8.00. The van der Waals surface area contributed by atoms with Gasteiger partial charge in [-0.05, 0) is 31.2 Å². The third-order valence-electron chi connectivity index (χ3n) is 3.62. The van der Waals surface area contributed by atoms with E-state index in [-0.39, 0.29) is 11.4 Å². The molecule has 2 aromatic heterocycles. The fourth-order valence-electron chi connectivity index (χ4n) is 2.53. The zero-order valence-corrected chi connectivity index (χ0v) is 15.2. The first-order valence-electron chi connectivity index (χ1n) is 7.87. The summed E-state index contributed by atoms with van der Waals surface area (Å²) >= 11 is 1.83. The molecule has 0 radical (unpaired) electrons. The second-order valence-corrected chi connectivity index (χ2v) is 8.61. The maximum absolute atomic E-state index is 9.54. The van der Waals surface area contributed by atoms with Crippen molar-refractivity contribution in [2.24, 2.45) is 0 Å². The Kier molecular flexibility index (Phi) is 4.51. The summed E-state index contributed by atoms with van der Waals surface area (Å²) in [6.07, 6.45) is 1.78. The van der Waals surface area contributed by atoms with Gasteiger partial charge in [-0.3, -0.25) is 10.1 Å². The molecule has 0 bridgehead atoms. The van der Waals surface area contributed by atoms with Crippen molar-refractivity contribution in [3.63, 3.8) is 0 Å². The van der Waals surface area contributed by atoms with Gasteiger partial charge in [-0.1, -0.05) is 20.8 Å². The molecule has 5 nitrogen and oxygen atoms in total. The SMILES string of the molecule is Cc1[nH]nc(Nc2ccnc3ccc(SC(C)(C)C)cc23)c1CO. The van der Waals surface area contributed by atoms with E-state index in [9.17, 15) is 5.11 Å². The normalized spacial score (nSPS) is 11.9. The summed E-state index contributed by atoms with van der Waals surface area (Å²) in [6, 6.07) is 8.22. The highest BCUT2D eigenvalue weighted by atomic mass is 32.2. The van der Waals surface area contributed by atoms with Gasteiger partial charge in [-0.2, -0.15) is 5.10 Å². The standard InChI is InChI=1S/C18H22N4OS/c1-11-14(10-23)17(22-21-11)20-16-7-8-19-15-6-5-12(9-13(15)16)24-18(2,3)4/h5-9,23H,10H2,1-4H3,(H2,19,20,21,22). The first kappa shape index (κ1) is 16.8. The van der Waals surface area contributed by atoms with E-state index in [4.69, 9.17) is 0 Å². The number of aromatic amines is 1. The number of aliphatic hydroxyl groups is 1. The minimum absolute atomic E-state index is 0.0567. The third kappa shape index (κ3) is 3.55. The molecule has 2 heterocycles. The average Bonchev–Trinajstić information content (AvgIpc) is 2.86. The molecular weight excluding hydrogens is 320 g/mol. The van der Waals surface area contributed by atoms with Gasteiger partial charge in [0.15, 0.2) is 5.82 Å². The van der Waals surface area contributed by atoms with E-state index in [1.165, 1.54) is 4.90 Å². The maximum atomic E-state index is 9.54. The molecule has 0 amide bonds. The lowest BCUT2D eigenvalue weighted by Crippen LogP contribution is -2.06. The Morgan fingerprint density at radius 2 is 2.04 bits per heavy atom. The topological polar surface area (TPSA) is 73.8 Å². The number of anilines is 2. The van der Waals surface area contributed by atoms with Crippen LogP contribution in [0.2, 0.25) is 0 Å². The number of fused-ring (bicyclic) bond motifs is 1. The quantitative estimate of drug-likeness (QED) is 0.613. The molecule has 3 N–H and O–H groups in total. The average molecular weight is 342 g/mol. The summed E-state index contributed by atoms with van der Waals surface area (Å²) < 4.78 is 0.146. The Hall–Kier alpha value is -2.05. The Morgan fingerprint density at radius 1 is 1.25 bits per heavy atom. The van der Waals surface area contributed by atoms with E-state index >= 15 is 0 Å². The molecule has 0 spiro atoms. The first-order chi connectivity index (χ1) is 11.4. The molecule has 0 atom stereocenters. The van der Waals surface area contributed by atoms with E-state index in [1.54, 1.807) is 6.20 Å². The Balaban J connectivity index is 2.02. The van der Waals surface area contributed by atoms with Crippen molar-refractivity contribution in [3.8, 4) is 0 Å². The van der Waals surface area contributed by atoms with Gasteiger partial charge in [0.05, 0.1) is 17.8 Å². The summed E-state index contributed by atoms with van der Waals surface area (Å²) in [5.74, 6) is 0.649. The summed E-state index contributed by atoms with van der Waals surface area (Å²) in [4.78, 5) is 5.64. The zero-order valence-electron chi connectivity index (χ0n) is 14.3. The van der Waals surface area contributed by atoms with Crippen molar-refractivity contribution >= 4 is 34.2 Å². The molecule has 6 heteroatoms. The van der Waals surface area contributed by atoms with Gasteiger partial charge in [0.2, 0.25) is 0 Å². The maximum Gasteiger partial charge on any atom is 0.158 e.